The van der Waals surface area contributed by atoms with E-state index in [2.05, 4.69) is 23.8 Å². The van der Waals surface area contributed by atoms with Gasteiger partial charge in [-0.05, 0) is 44.2 Å². The molecule has 0 aliphatic carbocycles. The summed E-state index contributed by atoms with van der Waals surface area (Å²) in [4.78, 5) is 14.2. The molecule has 0 atom stereocenters. The summed E-state index contributed by atoms with van der Waals surface area (Å²) in [6.45, 7) is 4.95. The summed E-state index contributed by atoms with van der Waals surface area (Å²) in [6.07, 6.45) is 2.65. The Bertz CT molecular complexity index is 635. The summed E-state index contributed by atoms with van der Waals surface area (Å²) >= 11 is 0. The van der Waals surface area contributed by atoms with Gasteiger partial charge in [0.2, 0.25) is 15.9 Å². The first-order chi connectivity index (χ1) is 10.9. The van der Waals surface area contributed by atoms with Crippen LogP contribution in [-0.2, 0) is 21.2 Å². The van der Waals surface area contributed by atoms with Crippen molar-refractivity contribution in [3.63, 3.8) is 0 Å². The summed E-state index contributed by atoms with van der Waals surface area (Å²) in [5, 5.41) is 0. The third-order valence-electron chi connectivity index (χ3n) is 4.44. The Balaban J connectivity index is 1.79. The Labute approximate surface area is 139 Å². The van der Waals surface area contributed by atoms with Crippen LogP contribution in [0.3, 0.4) is 0 Å². The Morgan fingerprint density at radius 1 is 1.26 bits per heavy atom. The van der Waals surface area contributed by atoms with Crippen molar-refractivity contribution in [2.75, 3.05) is 18.8 Å². The van der Waals surface area contributed by atoms with Gasteiger partial charge in [0.25, 0.3) is 0 Å². The zero-order valence-electron chi connectivity index (χ0n) is 13.9. The second-order valence-corrected chi connectivity index (χ2v) is 8.15. The van der Waals surface area contributed by atoms with Gasteiger partial charge in [0, 0.05) is 25.6 Å². The highest BCUT2D eigenvalue weighted by atomic mass is 32.2. The van der Waals surface area contributed by atoms with Gasteiger partial charge in [0.15, 0.2) is 0 Å². The number of hydrogen-bond donors (Lipinski definition) is 1. The molecule has 2 rings (SSSR count). The normalized spacial score (nSPS) is 16.5. The molecule has 1 fully saturated rings. The molecule has 0 bridgehead atoms. The molecule has 1 aromatic carbocycles. The highest BCUT2D eigenvalue weighted by molar-refractivity contribution is 7.89. The van der Waals surface area contributed by atoms with E-state index in [-0.39, 0.29) is 17.7 Å². The monoisotopic (exact) mass is 338 g/mol. The molecule has 1 aliphatic heterocycles. The number of hydrogen-bond acceptors (Lipinski definition) is 3. The first-order valence-corrected chi connectivity index (χ1v) is 9.89. The van der Waals surface area contributed by atoms with Crippen LogP contribution in [0.2, 0.25) is 0 Å². The number of amides is 1. The van der Waals surface area contributed by atoms with Crippen LogP contribution in [0, 0.1) is 6.92 Å². The molecule has 0 unspecified atom stereocenters. The predicted molar refractivity (Wildman–Crippen MR) is 91.7 cm³/mol. The zero-order valence-corrected chi connectivity index (χ0v) is 14.7. The summed E-state index contributed by atoms with van der Waals surface area (Å²) in [6, 6.07) is 8.08. The Hall–Kier alpha value is -1.40. The second-order valence-electron chi connectivity index (χ2n) is 6.10. The van der Waals surface area contributed by atoms with Crippen LogP contribution in [0.1, 0.15) is 37.3 Å². The second kappa shape index (κ2) is 7.93. The van der Waals surface area contributed by atoms with Crippen LogP contribution in [0.25, 0.3) is 0 Å². The van der Waals surface area contributed by atoms with Crippen molar-refractivity contribution in [1.82, 2.24) is 9.62 Å². The lowest BCUT2D eigenvalue weighted by atomic mass is 10.0. The quantitative estimate of drug-likeness (QED) is 0.861. The molecule has 1 N–H and O–H groups in total. The molecule has 1 aromatic rings. The molecule has 0 saturated carbocycles. The van der Waals surface area contributed by atoms with Crippen molar-refractivity contribution in [2.24, 2.45) is 0 Å². The van der Waals surface area contributed by atoms with Crippen LogP contribution in [0.15, 0.2) is 24.3 Å². The first-order valence-electron chi connectivity index (χ1n) is 8.23. The average Bonchev–Trinajstić information content (AvgIpc) is 2.54. The number of nitrogens with zero attached hydrogens (tertiary/aromatic N) is 1. The number of benzene rings is 1. The molecular weight excluding hydrogens is 312 g/mol. The molecule has 5 nitrogen and oxygen atoms in total. The Kier molecular flexibility index (Phi) is 6.18. The number of nitrogens with one attached hydrogen (secondary N) is 1. The number of piperidine rings is 1. The summed E-state index contributed by atoms with van der Waals surface area (Å²) in [5.41, 5.74) is 2.43. The topological polar surface area (TPSA) is 66.5 Å². The number of sulfonamides is 1. The molecule has 1 saturated heterocycles. The molecule has 0 aromatic heterocycles. The van der Waals surface area contributed by atoms with Crippen molar-refractivity contribution in [2.45, 2.75) is 45.6 Å². The van der Waals surface area contributed by atoms with Crippen LogP contribution in [0.4, 0.5) is 0 Å². The molecule has 1 aliphatic rings. The molecule has 1 heterocycles. The van der Waals surface area contributed by atoms with Gasteiger partial charge in [-0.3, -0.25) is 4.79 Å². The third kappa shape index (κ3) is 5.32. The van der Waals surface area contributed by atoms with Gasteiger partial charge in [-0.1, -0.05) is 24.3 Å². The maximum atomic E-state index is 12.3. The summed E-state index contributed by atoms with van der Waals surface area (Å²) in [5.74, 6) is 0.257. The highest BCUT2D eigenvalue weighted by Gasteiger charge is 2.25. The van der Waals surface area contributed by atoms with E-state index >= 15 is 0 Å². The SMILES string of the molecule is CCS(=O)(=O)NC1CCN(C(=O)CCc2ccccc2C)CC1. The van der Waals surface area contributed by atoms with Crippen molar-refractivity contribution >= 4 is 15.9 Å². The van der Waals surface area contributed by atoms with Gasteiger partial charge in [-0.15, -0.1) is 0 Å². The van der Waals surface area contributed by atoms with E-state index in [0.29, 0.717) is 32.4 Å². The van der Waals surface area contributed by atoms with E-state index in [9.17, 15) is 13.2 Å². The van der Waals surface area contributed by atoms with Crippen LogP contribution < -0.4 is 4.72 Å². The average molecular weight is 338 g/mol. The molecule has 1 amide bonds. The van der Waals surface area contributed by atoms with E-state index in [0.717, 1.165) is 6.42 Å². The Morgan fingerprint density at radius 3 is 2.52 bits per heavy atom. The minimum absolute atomic E-state index is 0.0413. The standard InChI is InChI=1S/C17H26N2O3S/c1-3-23(21,22)18-16-10-12-19(13-11-16)17(20)9-8-15-7-5-4-6-14(15)2/h4-7,16,18H,3,8-13H2,1-2H3. The summed E-state index contributed by atoms with van der Waals surface area (Å²) in [7, 11) is -3.16. The lowest BCUT2D eigenvalue weighted by Crippen LogP contribution is -2.46. The van der Waals surface area contributed by atoms with Crippen molar-refractivity contribution < 1.29 is 13.2 Å². The van der Waals surface area contributed by atoms with Crippen molar-refractivity contribution in [3.05, 3.63) is 35.4 Å². The number of carbonyl (C=O) groups excluding carboxylic acids is 1. The fourth-order valence-electron chi connectivity index (χ4n) is 2.87. The van der Waals surface area contributed by atoms with E-state index in [1.807, 2.05) is 17.0 Å². The van der Waals surface area contributed by atoms with E-state index in [4.69, 9.17) is 0 Å². The van der Waals surface area contributed by atoms with Gasteiger partial charge >= 0.3 is 0 Å². The Morgan fingerprint density at radius 2 is 1.91 bits per heavy atom. The van der Waals surface area contributed by atoms with Crippen molar-refractivity contribution in [1.29, 1.82) is 0 Å². The largest absolute Gasteiger partial charge is 0.343 e. The van der Waals surface area contributed by atoms with Crippen LogP contribution in [-0.4, -0.2) is 44.1 Å². The molecule has 128 valence electrons. The predicted octanol–water partition coefficient (Wildman–Crippen LogP) is 1.86. The fourth-order valence-corrected chi connectivity index (χ4v) is 3.78. The smallest absolute Gasteiger partial charge is 0.222 e. The minimum atomic E-state index is -3.16. The lowest BCUT2D eigenvalue weighted by Gasteiger charge is -2.32. The third-order valence-corrected chi connectivity index (χ3v) is 5.90. The highest BCUT2D eigenvalue weighted by Crippen LogP contribution is 2.15. The van der Waals surface area contributed by atoms with Gasteiger partial charge in [-0.2, -0.15) is 0 Å². The number of rotatable bonds is 6. The van der Waals surface area contributed by atoms with E-state index < -0.39 is 10.0 Å². The number of carbonyl (C=O) groups is 1. The molecule has 0 radical (unpaired) electrons. The van der Waals surface area contributed by atoms with Crippen molar-refractivity contribution in [3.8, 4) is 0 Å². The molecule has 0 spiro atoms. The van der Waals surface area contributed by atoms with Gasteiger partial charge in [0.1, 0.15) is 0 Å². The fraction of sp³-hybridized carbons (Fsp3) is 0.588. The van der Waals surface area contributed by atoms with E-state index in [1.54, 1.807) is 6.92 Å². The zero-order chi connectivity index (χ0) is 16.9. The van der Waals surface area contributed by atoms with E-state index in [1.165, 1.54) is 11.1 Å². The summed E-state index contributed by atoms with van der Waals surface area (Å²) < 4.78 is 25.9. The minimum Gasteiger partial charge on any atom is -0.343 e. The maximum Gasteiger partial charge on any atom is 0.222 e. The van der Waals surface area contributed by atoms with Gasteiger partial charge in [0.05, 0.1) is 5.75 Å². The van der Waals surface area contributed by atoms with Gasteiger partial charge < -0.3 is 4.90 Å². The lowest BCUT2D eigenvalue weighted by molar-refractivity contribution is -0.132. The van der Waals surface area contributed by atoms with Gasteiger partial charge in [-0.25, -0.2) is 13.1 Å². The molecular formula is C17H26N2O3S. The maximum absolute atomic E-state index is 12.3. The number of aryl methyl sites for hydroxylation is 2. The number of likely N-dealkylation sites (tertiary alicyclic amines) is 1. The van der Waals surface area contributed by atoms with Crippen LogP contribution >= 0.6 is 0 Å². The first kappa shape index (κ1) is 17.9. The molecule has 6 heteroatoms. The van der Waals surface area contributed by atoms with Crippen LogP contribution in [0.5, 0.6) is 0 Å². The molecule has 23 heavy (non-hydrogen) atoms.